The van der Waals surface area contributed by atoms with Gasteiger partial charge in [0, 0.05) is 75.3 Å². The zero-order valence-corrected chi connectivity index (χ0v) is 35.8. The first kappa shape index (κ1) is 46.3. The summed E-state index contributed by atoms with van der Waals surface area (Å²) < 4.78 is 27.8. The maximum atomic E-state index is 15.3. The van der Waals surface area contributed by atoms with E-state index in [1.165, 1.54) is 17.2 Å². The van der Waals surface area contributed by atoms with Gasteiger partial charge in [-0.3, -0.25) is 19.2 Å². The standard InChI is InChI=1S/C45H58FN5O10/c1-6-11-37(52)45(17-10-18-45)38(53)24-30(12-8-9-19-47-42(58)61-44(3,4)5)40(55)48-31-15-13-29(14-16-31)28-60-43(59)51-22-20-50(21-23-51)36-26-35-32(25-34(36)46)39(54)33(41(56)57)27-49(35)7-2/h13-16,25-27,30H,6-12,17-24,28H2,1-5H3,(H,47,58)(H,48,55)(H,56,57)/t30-/m1/s1. The number of alkyl carbamates (subject to hydrolysis) is 1. The van der Waals surface area contributed by atoms with E-state index in [2.05, 4.69) is 10.6 Å². The highest BCUT2D eigenvalue weighted by Crippen LogP contribution is 2.45. The van der Waals surface area contributed by atoms with E-state index in [1.54, 1.807) is 61.4 Å². The van der Waals surface area contributed by atoms with Gasteiger partial charge in [0.1, 0.15) is 35.2 Å². The van der Waals surface area contributed by atoms with Crippen LogP contribution in [0, 0.1) is 17.2 Å². The molecule has 3 N–H and O–H groups in total. The van der Waals surface area contributed by atoms with Crippen molar-refractivity contribution in [3.63, 3.8) is 0 Å². The molecule has 1 aliphatic carbocycles. The number of hydrogen-bond acceptors (Lipinski definition) is 10. The second-order valence-corrected chi connectivity index (χ2v) is 16.9. The van der Waals surface area contributed by atoms with E-state index in [1.807, 2.05) is 6.92 Å². The summed E-state index contributed by atoms with van der Waals surface area (Å²) in [4.78, 5) is 93.1. The van der Waals surface area contributed by atoms with Crippen LogP contribution >= 0.6 is 0 Å². The van der Waals surface area contributed by atoms with Gasteiger partial charge in [0.25, 0.3) is 0 Å². The highest BCUT2D eigenvalue weighted by atomic mass is 19.1. The fraction of sp³-hybridized carbons (Fsp3) is 0.533. The average molecular weight is 848 g/mol. The molecule has 3 amide bonds. The SMILES string of the molecule is CCCC(=O)C1(C(=O)C[C@@H](CCCCNC(=O)OC(C)(C)C)C(=O)Nc2ccc(COC(=O)N3CCN(c4cc5c(cc4F)c(=O)c(C(=O)O)cn5CC)CC3)cc2)CCC1. The predicted molar refractivity (Wildman–Crippen MR) is 227 cm³/mol. The molecule has 0 radical (unpaired) electrons. The summed E-state index contributed by atoms with van der Waals surface area (Å²) in [6.07, 6.45) is 4.41. The summed E-state index contributed by atoms with van der Waals surface area (Å²) >= 11 is 0. The van der Waals surface area contributed by atoms with Gasteiger partial charge >= 0.3 is 18.2 Å². The van der Waals surface area contributed by atoms with Crippen LogP contribution < -0.4 is 21.0 Å². The first-order valence-electron chi connectivity index (χ1n) is 21.2. The number of carboxylic acids is 1. The van der Waals surface area contributed by atoms with Crippen molar-refractivity contribution in [1.82, 2.24) is 14.8 Å². The number of aromatic carboxylic acids is 1. The van der Waals surface area contributed by atoms with E-state index in [-0.39, 0.29) is 54.7 Å². The number of carbonyl (C=O) groups is 6. The van der Waals surface area contributed by atoms with E-state index in [0.717, 1.165) is 12.5 Å². The number of carboxylic acid groups (broad SMARTS) is 1. The molecule has 3 aromatic rings. The first-order valence-corrected chi connectivity index (χ1v) is 21.2. The number of unbranched alkanes of at least 4 members (excludes halogenated alkanes) is 1. The molecule has 330 valence electrons. The van der Waals surface area contributed by atoms with Crippen LogP contribution in [-0.4, -0.2) is 88.5 Å². The largest absolute Gasteiger partial charge is 0.477 e. The number of carbonyl (C=O) groups excluding carboxylic acids is 5. The number of ketones is 2. The van der Waals surface area contributed by atoms with E-state index < -0.39 is 51.9 Å². The average Bonchev–Trinajstić information content (AvgIpc) is 3.19. The van der Waals surface area contributed by atoms with Gasteiger partial charge in [-0.2, -0.15) is 0 Å². The molecule has 5 rings (SSSR count). The number of benzene rings is 2. The number of rotatable bonds is 18. The molecule has 1 aliphatic heterocycles. The van der Waals surface area contributed by atoms with Crippen molar-refractivity contribution in [1.29, 1.82) is 0 Å². The zero-order chi connectivity index (χ0) is 44.5. The highest BCUT2D eigenvalue weighted by Gasteiger charge is 2.49. The van der Waals surface area contributed by atoms with Crippen molar-refractivity contribution in [2.75, 3.05) is 42.9 Å². The molecule has 1 atom stereocenters. The molecule has 2 aliphatic rings. The Balaban J connectivity index is 1.14. The molecule has 2 aromatic carbocycles. The number of anilines is 2. The third-order valence-electron chi connectivity index (χ3n) is 11.4. The first-order chi connectivity index (χ1) is 29.0. The van der Waals surface area contributed by atoms with Crippen LogP contribution in [-0.2, 0) is 37.0 Å². The minimum absolute atomic E-state index is 0.0203. The van der Waals surface area contributed by atoms with Crippen molar-refractivity contribution in [2.24, 2.45) is 11.3 Å². The zero-order valence-electron chi connectivity index (χ0n) is 35.8. The molecule has 2 heterocycles. The van der Waals surface area contributed by atoms with Gasteiger partial charge in [0.2, 0.25) is 11.3 Å². The third-order valence-corrected chi connectivity index (χ3v) is 11.4. The number of piperazine rings is 1. The monoisotopic (exact) mass is 847 g/mol. The number of amides is 3. The second kappa shape index (κ2) is 20.2. The smallest absolute Gasteiger partial charge is 0.410 e. The number of ether oxygens (including phenoxy) is 2. The number of nitrogens with zero attached hydrogens (tertiary/aromatic N) is 3. The molecule has 0 bridgehead atoms. The van der Waals surface area contributed by atoms with Crippen LogP contribution in [0.15, 0.2) is 47.4 Å². The Hall–Kier alpha value is -5.80. The summed E-state index contributed by atoms with van der Waals surface area (Å²) in [5, 5.41) is 15.0. The summed E-state index contributed by atoms with van der Waals surface area (Å²) in [6, 6.07) is 9.40. The molecule has 2 fully saturated rings. The maximum absolute atomic E-state index is 15.3. The number of halogens is 1. The Morgan fingerprint density at radius 3 is 2.23 bits per heavy atom. The lowest BCUT2D eigenvalue weighted by molar-refractivity contribution is -0.148. The fourth-order valence-corrected chi connectivity index (χ4v) is 7.83. The number of hydrogen-bond donors (Lipinski definition) is 3. The van der Waals surface area contributed by atoms with E-state index >= 15 is 4.39 Å². The van der Waals surface area contributed by atoms with Crippen LogP contribution in [0.25, 0.3) is 10.9 Å². The lowest BCUT2D eigenvalue weighted by Crippen LogP contribution is -2.49. The van der Waals surface area contributed by atoms with Gasteiger partial charge in [-0.05, 0) is 89.6 Å². The molecule has 1 saturated heterocycles. The Labute approximate surface area is 354 Å². The molecule has 0 spiro atoms. The van der Waals surface area contributed by atoms with Crippen LogP contribution in [0.4, 0.5) is 25.4 Å². The Morgan fingerprint density at radius 2 is 1.64 bits per heavy atom. The molecular weight excluding hydrogens is 790 g/mol. The summed E-state index contributed by atoms with van der Waals surface area (Å²) in [7, 11) is 0. The summed E-state index contributed by atoms with van der Waals surface area (Å²) in [5.74, 6) is -3.32. The quantitative estimate of drug-likeness (QED) is 0.0876. The van der Waals surface area contributed by atoms with Crippen molar-refractivity contribution < 1.29 is 47.7 Å². The number of fused-ring (bicyclic) bond motifs is 1. The maximum Gasteiger partial charge on any atom is 0.410 e. The topological polar surface area (TPSA) is 194 Å². The number of aromatic nitrogens is 1. The summed E-state index contributed by atoms with van der Waals surface area (Å²) in [6.45, 7) is 10.8. The van der Waals surface area contributed by atoms with Crippen molar-refractivity contribution >= 4 is 57.9 Å². The molecule has 15 nitrogen and oxygen atoms in total. The lowest BCUT2D eigenvalue weighted by Gasteiger charge is -2.39. The minimum Gasteiger partial charge on any atom is -0.477 e. The van der Waals surface area contributed by atoms with Gasteiger partial charge in [0.05, 0.1) is 16.6 Å². The van der Waals surface area contributed by atoms with E-state index in [0.29, 0.717) is 87.9 Å². The molecule has 61 heavy (non-hydrogen) atoms. The van der Waals surface area contributed by atoms with Gasteiger partial charge in [-0.1, -0.05) is 31.9 Å². The molecule has 0 unspecified atom stereocenters. The Morgan fingerprint density at radius 1 is 0.951 bits per heavy atom. The fourth-order valence-electron chi connectivity index (χ4n) is 7.83. The van der Waals surface area contributed by atoms with Crippen LogP contribution in [0.1, 0.15) is 108 Å². The molecule has 16 heteroatoms. The number of nitrogens with one attached hydrogen (secondary N) is 2. The van der Waals surface area contributed by atoms with Crippen molar-refractivity contribution in [3.8, 4) is 0 Å². The molecule has 1 aromatic heterocycles. The predicted octanol–water partition coefficient (Wildman–Crippen LogP) is 7.07. The third kappa shape index (κ3) is 11.5. The Bertz CT molecular complexity index is 2170. The highest BCUT2D eigenvalue weighted by molar-refractivity contribution is 6.09. The van der Waals surface area contributed by atoms with Crippen molar-refractivity contribution in [3.05, 3.63) is 69.8 Å². The normalized spacial score (nSPS) is 15.4. The summed E-state index contributed by atoms with van der Waals surface area (Å²) in [5.41, 5.74) is -1.01. The molecule has 1 saturated carbocycles. The second-order valence-electron chi connectivity index (χ2n) is 16.9. The minimum atomic E-state index is -1.38. The lowest BCUT2D eigenvalue weighted by atomic mass is 9.61. The van der Waals surface area contributed by atoms with E-state index in [9.17, 15) is 38.7 Å². The Kier molecular flexibility index (Phi) is 15.3. The van der Waals surface area contributed by atoms with Crippen LogP contribution in [0.5, 0.6) is 0 Å². The van der Waals surface area contributed by atoms with E-state index in [4.69, 9.17) is 9.47 Å². The van der Waals surface area contributed by atoms with Crippen molar-refractivity contribution in [2.45, 2.75) is 111 Å². The van der Waals surface area contributed by atoms with Gasteiger partial charge in [0.15, 0.2) is 0 Å². The van der Waals surface area contributed by atoms with Gasteiger partial charge in [-0.25, -0.2) is 18.8 Å². The van der Waals surface area contributed by atoms with Crippen LogP contribution in [0.3, 0.4) is 0 Å². The number of Topliss-reactive ketones (excluding diaryl/α,β-unsaturated/α-hetero) is 2. The van der Waals surface area contributed by atoms with Gasteiger partial charge in [-0.15, -0.1) is 0 Å². The van der Waals surface area contributed by atoms with Crippen LogP contribution in [0.2, 0.25) is 0 Å². The van der Waals surface area contributed by atoms with Gasteiger partial charge < -0.3 is 39.6 Å². The molecular formula is C45H58FN5O10. The number of pyridine rings is 1. The number of aryl methyl sites for hydroxylation is 1.